The highest BCUT2D eigenvalue weighted by atomic mass is 35.5. The van der Waals surface area contributed by atoms with Crippen LogP contribution in [0.1, 0.15) is 13.3 Å². The molecule has 1 aliphatic heterocycles. The van der Waals surface area contributed by atoms with Crippen molar-refractivity contribution < 1.29 is 13.2 Å². The van der Waals surface area contributed by atoms with Crippen molar-refractivity contribution in [1.82, 2.24) is 9.29 Å². The average molecular weight is 320 g/mol. The smallest absolute Gasteiger partial charge is 0.244 e. The van der Waals surface area contributed by atoms with Crippen LogP contribution in [0.15, 0.2) is 17.2 Å². The number of rotatable bonds is 5. The highest BCUT2D eigenvalue weighted by molar-refractivity contribution is 7.89. The zero-order valence-corrected chi connectivity index (χ0v) is 13.0. The quantitative estimate of drug-likeness (QED) is 0.892. The SMILES string of the molecule is CCNc1ncc(S(=O)(=O)N2CCC(OC)C2)cc1Cl. The maximum absolute atomic E-state index is 12.5. The second kappa shape index (κ2) is 6.26. The highest BCUT2D eigenvalue weighted by Crippen LogP contribution is 2.26. The van der Waals surface area contributed by atoms with Gasteiger partial charge in [-0.3, -0.25) is 0 Å². The van der Waals surface area contributed by atoms with Gasteiger partial charge in [-0.25, -0.2) is 13.4 Å². The minimum absolute atomic E-state index is 0.0470. The summed E-state index contributed by atoms with van der Waals surface area (Å²) in [6, 6.07) is 1.43. The van der Waals surface area contributed by atoms with Crippen molar-refractivity contribution >= 4 is 27.4 Å². The normalized spacial score (nSPS) is 20.2. The minimum Gasteiger partial charge on any atom is -0.380 e. The molecule has 6 nitrogen and oxygen atoms in total. The number of methoxy groups -OCH3 is 1. The predicted molar refractivity (Wildman–Crippen MR) is 77.6 cm³/mol. The Morgan fingerprint density at radius 3 is 2.90 bits per heavy atom. The fourth-order valence-corrected chi connectivity index (χ4v) is 3.87. The Hall–Kier alpha value is -0.890. The van der Waals surface area contributed by atoms with Crippen molar-refractivity contribution in [3.05, 3.63) is 17.3 Å². The van der Waals surface area contributed by atoms with Crippen molar-refractivity contribution in [3.63, 3.8) is 0 Å². The van der Waals surface area contributed by atoms with Gasteiger partial charge in [0.1, 0.15) is 10.7 Å². The minimum atomic E-state index is -3.56. The molecule has 1 saturated heterocycles. The molecule has 0 saturated carbocycles. The van der Waals surface area contributed by atoms with Crippen molar-refractivity contribution in [2.45, 2.75) is 24.3 Å². The molecule has 112 valence electrons. The summed E-state index contributed by atoms with van der Waals surface area (Å²) in [7, 11) is -1.97. The number of aromatic nitrogens is 1. The molecule has 8 heteroatoms. The van der Waals surface area contributed by atoms with Gasteiger partial charge in [-0.15, -0.1) is 0 Å². The summed E-state index contributed by atoms with van der Waals surface area (Å²) in [5.41, 5.74) is 0. The molecular weight excluding hydrogens is 302 g/mol. The zero-order valence-electron chi connectivity index (χ0n) is 11.5. The topological polar surface area (TPSA) is 71.5 Å². The summed E-state index contributed by atoms with van der Waals surface area (Å²) in [5.74, 6) is 0.490. The molecule has 0 amide bonds. The molecule has 1 aliphatic rings. The summed E-state index contributed by atoms with van der Waals surface area (Å²) in [4.78, 5) is 4.18. The molecule has 1 N–H and O–H groups in total. The van der Waals surface area contributed by atoms with Gasteiger partial charge in [-0.1, -0.05) is 11.6 Å². The number of pyridine rings is 1. The number of nitrogens with one attached hydrogen (secondary N) is 1. The van der Waals surface area contributed by atoms with Gasteiger partial charge >= 0.3 is 0 Å². The third-order valence-electron chi connectivity index (χ3n) is 3.24. The molecule has 0 aliphatic carbocycles. The van der Waals surface area contributed by atoms with E-state index in [1.165, 1.54) is 16.6 Å². The van der Waals surface area contributed by atoms with Crippen LogP contribution in [-0.4, -0.2) is 50.6 Å². The molecule has 0 aromatic carbocycles. The number of halogens is 1. The fourth-order valence-electron chi connectivity index (χ4n) is 2.12. The van der Waals surface area contributed by atoms with E-state index in [1.807, 2.05) is 6.92 Å². The van der Waals surface area contributed by atoms with Crippen LogP contribution in [0.5, 0.6) is 0 Å². The first-order chi connectivity index (χ1) is 9.48. The molecule has 0 spiro atoms. The van der Waals surface area contributed by atoms with Crippen LogP contribution in [-0.2, 0) is 14.8 Å². The maximum Gasteiger partial charge on any atom is 0.244 e. The number of hydrogen-bond acceptors (Lipinski definition) is 5. The van der Waals surface area contributed by atoms with Gasteiger partial charge in [0.25, 0.3) is 0 Å². The van der Waals surface area contributed by atoms with Gasteiger partial charge in [-0.2, -0.15) is 4.31 Å². The van der Waals surface area contributed by atoms with Crippen molar-refractivity contribution in [2.24, 2.45) is 0 Å². The molecule has 1 aromatic heterocycles. The highest BCUT2D eigenvalue weighted by Gasteiger charge is 2.33. The molecule has 0 radical (unpaired) electrons. The third-order valence-corrected chi connectivity index (χ3v) is 5.36. The molecule has 1 atom stereocenters. The van der Waals surface area contributed by atoms with Crippen LogP contribution in [0.4, 0.5) is 5.82 Å². The van der Waals surface area contributed by atoms with Gasteiger partial charge in [0.05, 0.1) is 11.1 Å². The van der Waals surface area contributed by atoms with Crippen LogP contribution >= 0.6 is 11.6 Å². The molecule has 1 aromatic rings. The molecule has 1 fully saturated rings. The van der Waals surface area contributed by atoms with Crippen molar-refractivity contribution in [2.75, 3.05) is 32.1 Å². The Bertz CT molecular complexity index is 579. The summed E-state index contributed by atoms with van der Waals surface area (Å²) in [6.07, 6.45) is 1.99. The van der Waals surface area contributed by atoms with E-state index in [0.29, 0.717) is 36.9 Å². The van der Waals surface area contributed by atoms with E-state index in [2.05, 4.69) is 10.3 Å². The number of anilines is 1. The lowest BCUT2D eigenvalue weighted by Gasteiger charge is -2.16. The molecule has 20 heavy (non-hydrogen) atoms. The molecular formula is C12H18ClN3O3S. The standard InChI is InChI=1S/C12H18ClN3O3S/c1-3-14-12-11(13)6-10(7-15-12)20(17,18)16-5-4-9(8-16)19-2/h6-7,9H,3-5,8H2,1-2H3,(H,14,15). The Kier molecular flexibility index (Phi) is 4.85. The van der Waals surface area contributed by atoms with E-state index in [4.69, 9.17) is 16.3 Å². The molecule has 1 unspecified atom stereocenters. The number of nitrogens with zero attached hydrogens (tertiary/aromatic N) is 2. The summed E-state index contributed by atoms with van der Waals surface area (Å²) >= 11 is 6.04. The maximum atomic E-state index is 12.5. The van der Waals surface area contributed by atoms with Crippen LogP contribution in [0, 0.1) is 0 Å². The number of sulfonamides is 1. The van der Waals surface area contributed by atoms with Gasteiger partial charge in [0.15, 0.2) is 0 Å². The van der Waals surface area contributed by atoms with Crippen LogP contribution < -0.4 is 5.32 Å². The summed E-state index contributed by atoms with van der Waals surface area (Å²) in [6.45, 7) is 3.40. The van der Waals surface area contributed by atoms with Crippen molar-refractivity contribution in [3.8, 4) is 0 Å². The van der Waals surface area contributed by atoms with E-state index in [1.54, 1.807) is 7.11 Å². The van der Waals surface area contributed by atoms with E-state index >= 15 is 0 Å². The lowest BCUT2D eigenvalue weighted by molar-refractivity contribution is 0.115. The molecule has 0 bridgehead atoms. The largest absolute Gasteiger partial charge is 0.380 e. The first kappa shape index (κ1) is 15.5. The third kappa shape index (κ3) is 3.06. The Labute approximate surface area is 124 Å². The van der Waals surface area contributed by atoms with E-state index in [9.17, 15) is 8.42 Å². The monoisotopic (exact) mass is 319 g/mol. The molecule has 2 rings (SSSR count). The molecule has 2 heterocycles. The van der Waals surface area contributed by atoms with Crippen molar-refractivity contribution in [1.29, 1.82) is 0 Å². The fraction of sp³-hybridized carbons (Fsp3) is 0.583. The summed E-state index contributed by atoms with van der Waals surface area (Å²) < 4.78 is 31.5. The van der Waals surface area contributed by atoms with Gasteiger partial charge < -0.3 is 10.1 Å². The van der Waals surface area contributed by atoms with Gasteiger partial charge in [0, 0.05) is 32.9 Å². The second-order valence-corrected chi connectivity index (χ2v) is 6.89. The van der Waals surface area contributed by atoms with Crippen LogP contribution in [0.3, 0.4) is 0 Å². The number of ether oxygens (including phenoxy) is 1. The predicted octanol–water partition coefficient (Wildman–Crippen LogP) is 1.58. The first-order valence-corrected chi connectivity index (χ1v) is 8.23. The van der Waals surface area contributed by atoms with E-state index in [0.717, 1.165) is 0 Å². The zero-order chi connectivity index (χ0) is 14.8. The Balaban J connectivity index is 2.24. The van der Waals surface area contributed by atoms with E-state index in [-0.39, 0.29) is 11.0 Å². The average Bonchev–Trinajstić information content (AvgIpc) is 2.90. The van der Waals surface area contributed by atoms with E-state index < -0.39 is 10.0 Å². The van der Waals surface area contributed by atoms with Gasteiger partial charge in [-0.05, 0) is 19.4 Å². The first-order valence-electron chi connectivity index (χ1n) is 6.41. The second-order valence-electron chi connectivity index (χ2n) is 4.54. The summed E-state index contributed by atoms with van der Waals surface area (Å²) in [5, 5.41) is 3.27. The lowest BCUT2D eigenvalue weighted by atomic mass is 10.3. The number of hydrogen-bond donors (Lipinski definition) is 1. The Morgan fingerprint density at radius 2 is 2.35 bits per heavy atom. The van der Waals surface area contributed by atoms with Crippen LogP contribution in [0.25, 0.3) is 0 Å². The lowest BCUT2D eigenvalue weighted by Crippen LogP contribution is -2.30. The Morgan fingerprint density at radius 1 is 1.60 bits per heavy atom. The van der Waals surface area contributed by atoms with Crippen LogP contribution in [0.2, 0.25) is 5.02 Å². The van der Waals surface area contributed by atoms with Gasteiger partial charge in [0.2, 0.25) is 10.0 Å².